The molecule has 1 unspecified atom stereocenters. The Morgan fingerprint density at radius 2 is 2.12 bits per heavy atom. The molecule has 0 heterocycles. The summed E-state index contributed by atoms with van der Waals surface area (Å²) >= 11 is 0. The Balaban J connectivity index is 3.37. The highest BCUT2D eigenvalue weighted by molar-refractivity contribution is 4.53. The second-order valence-corrected chi connectivity index (χ2v) is 1.77. The van der Waals surface area contributed by atoms with Crippen molar-refractivity contribution < 1.29 is 14.9 Å². The lowest BCUT2D eigenvalue weighted by molar-refractivity contribution is -0.208. The van der Waals surface area contributed by atoms with Crippen LogP contribution in [0.3, 0.4) is 0 Å². The van der Waals surface area contributed by atoms with E-state index in [0.29, 0.717) is 6.61 Å². The third-order valence-corrected chi connectivity index (χ3v) is 0.749. The van der Waals surface area contributed by atoms with Crippen molar-refractivity contribution in [2.45, 2.75) is 19.6 Å². The fourth-order valence-corrected chi connectivity index (χ4v) is 0.357. The molecule has 0 aromatic rings. The molecule has 0 saturated carbocycles. The van der Waals surface area contributed by atoms with Crippen molar-refractivity contribution in [1.82, 2.24) is 0 Å². The van der Waals surface area contributed by atoms with Gasteiger partial charge in [0.2, 0.25) is 0 Å². The topological polar surface area (TPSA) is 49.7 Å². The average Bonchev–Trinajstić information content (AvgIpc) is 1.67. The normalized spacial score (nSPS) is 18.0. The number of hydrogen-bond donors (Lipinski definition) is 2. The molecule has 3 nitrogen and oxygen atoms in total. The van der Waals surface area contributed by atoms with Crippen LogP contribution in [0.25, 0.3) is 0 Å². The van der Waals surface area contributed by atoms with E-state index in [1.54, 1.807) is 6.92 Å². The van der Waals surface area contributed by atoms with Gasteiger partial charge in [-0.25, -0.2) is 0 Å². The van der Waals surface area contributed by atoms with Crippen molar-refractivity contribution in [2.24, 2.45) is 0 Å². The summed E-state index contributed by atoms with van der Waals surface area (Å²) in [5, 5.41) is 17.2. The molecular weight excluding hydrogens is 108 g/mol. The Hall–Kier alpha value is -0.120. The summed E-state index contributed by atoms with van der Waals surface area (Å²) in [5.41, 5.74) is 0. The van der Waals surface area contributed by atoms with Crippen molar-refractivity contribution >= 4 is 0 Å². The second kappa shape index (κ2) is 3.02. The molecule has 1 atom stereocenters. The van der Waals surface area contributed by atoms with Crippen molar-refractivity contribution in [3.8, 4) is 0 Å². The van der Waals surface area contributed by atoms with Crippen LogP contribution in [0.5, 0.6) is 0 Å². The summed E-state index contributed by atoms with van der Waals surface area (Å²) < 4.78 is 4.68. The Morgan fingerprint density at radius 3 is 2.25 bits per heavy atom. The molecule has 0 fully saturated rings. The third-order valence-electron chi connectivity index (χ3n) is 0.749. The first-order valence-electron chi connectivity index (χ1n) is 2.59. The predicted molar refractivity (Wildman–Crippen MR) is 29.3 cm³/mol. The molecule has 8 heavy (non-hydrogen) atoms. The average molecular weight is 120 g/mol. The van der Waals surface area contributed by atoms with E-state index in [1.165, 1.54) is 6.92 Å². The van der Waals surface area contributed by atoms with E-state index in [9.17, 15) is 0 Å². The fraction of sp³-hybridized carbons (Fsp3) is 1.00. The zero-order chi connectivity index (χ0) is 6.62. The molecule has 0 saturated heterocycles. The van der Waals surface area contributed by atoms with Gasteiger partial charge in [0.15, 0.2) is 5.79 Å². The highest BCUT2D eigenvalue weighted by Crippen LogP contribution is 2.01. The maximum Gasteiger partial charge on any atom is 0.186 e. The third kappa shape index (κ3) is 2.96. The molecule has 0 aliphatic carbocycles. The van der Waals surface area contributed by atoms with Gasteiger partial charge in [0, 0.05) is 6.61 Å². The highest BCUT2D eigenvalue weighted by Gasteiger charge is 2.17. The summed E-state index contributed by atoms with van der Waals surface area (Å²) in [6, 6.07) is 0. The zero-order valence-electron chi connectivity index (χ0n) is 5.22. The molecule has 0 bridgehead atoms. The quantitative estimate of drug-likeness (QED) is 0.504. The second-order valence-electron chi connectivity index (χ2n) is 1.77. The van der Waals surface area contributed by atoms with Gasteiger partial charge in [-0.05, 0) is 13.8 Å². The van der Waals surface area contributed by atoms with Crippen LogP contribution < -0.4 is 0 Å². The first kappa shape index (κ1) is 7.88. The van der Waals surface area contributed by atoms with Gasteiger partial charge in [-0.2, -0.15) is 0 Å². The van der Waals surface area contributed by atoms with Crippen LogP contribution in [0, 0.1) is 0 Å². The van der Waals surface area contributed by atoms with E-state index in [-0.39, 0.29) is 6.61 Å². The standard InChI is InChI=1S/C5H12O3/c1-3-8-5(2,7)4-6/h6-7H,3-4H2,1-2H3. The Morgan fingerprint density at radius 1 is 1.62 bits per heavy atom. The number of hydrogen-bond acceptors (Lipinski definition) is 3. The molecule has 50 valence electrons. The van der Waals surface area contributed by atoms with Crippen molar-refractivity contribution in [2.75, 3.05) is 13.2 Å². The lowest BCUT2D eigenvalue weighted by Crippen LogP contribution is -2.32. The first-order valence-corrected chi connectivity index (χ1v) is 2.59. The van der Waals surface area contributed by atoms with Crippen LogP contribution in [0.1, 0.15) is 13.8 Å². The maximum absolute atomic E-state index is 8.85. The van der Waals surface area contributed by atoms with Gasteiger partial charge in [0.25, 0.3) is 0 Å². The lowest BCUT2D eigenvalue weighted by Gasteiger charge is -2.19. The first-order chi connectivity index (χ1) is 3.62. The number of aliphatic hydroxyl groups excluding tert-OH is 1. The van der Waals surface area contributed by atoms with Gasteiger partial charge in [0.1, 0.15) is 0 Å². The number of ether oxygens (including phenoxy) is 1. The molecule has 0 radical (unpaired) electrons. The van der Waals surface area contributed by atoms with Gasteiger partial charge in [0.05, 0.1) is 6.61 Å². The molecule has 0 aromatic heterocycles. The van der Waals surface area contributed by atoms with Gasteiger partial charge < -0.3 is 14.9 Å². The Kier molecular flexibility index (Phi) is 2.97. The van der Waals surface area contributed by atoms with Crippen LogP contribution in [0.4, 0.5) is 0 Å². The molecule has 0 aliphatic rings. The molecular formula is C5H12O3. The molecule has 3 heteroatoms. The lowest BCUT2D eigenvalue weighted by atomic mass is 10.3. The minimum atomic E-state index is -1.35. The van der Waals surface area contributed by atoms with Gasteiger partial charge in [-0.15, -0.1) is 0 Å². The van der Waals surface area contributed by atoms with E-state index >= 15 is 0 Å². The minimum absolute atomic E-state index is 0.360. The monoisotopic (exact) mass is 120 g/mol. The van der Waals surface area contributed by atoms with Gasteiger partial charge in [-0.1, -0.05) is 0 Å². The zero-order valence-corrected chi connectivity index (χ0v) is 5.22. The molecule has 0 spiro atoms. The van der Waals surface area contributed by atoms with Crippen LogP contribution in [-0.4, -0.2) is 29.2 Å². The van der Waals surface area contributed by atoms with Gasteiger partial charge >= 0.3 is 0 Å². The SMILES string of the molecule is CCOC(C)(O)CO. The summed E-state index contributed by atoms with van der Waals surface area (Å²) in [6.45, 7) is 3.22. The minimum Gasteiger partial charge on any atom is -0.391 e. The highest BCUT2D eigenvalue weighted by atomic mass is 16.6. The molecule has 0 rings (SSSR count). The van der Waals surface area contributed by atoms with Crippen molar-refractivity contribution in [3.05, 3.63) is 0 Å². The fourth-order valence-electron chi connectivity index (χ4n) is 0.357. The van der Waals surface area contributed by atoms with E-state index in [4.69, 9.17) is 10.2 Å². The Bertz CT molecular complexity index is 60.7. The summed E-state index contributed by atoms with van der Waals surface area (Å²) in [5.74, 6) is -1.35. The molecule has 0 aromatic carbocycles. The van der Waals surface area contributed by atoms with Crippen LogP contribution in [0.2, 0.25) is 0 Å². The summed E-state index contributed by atoms with van der Waals surface area (Å²) in [4.78, 5) is 0. The molecule has 0 amide bonds. The van der Waals surface area contributed by atoms with Crippen LogP contribution in [-0.2, 0) is 4.74 Å². The van der Waals surface area contributed by atoms with Gasteiger partial charge in [-0.3, -0.25) is 0 Å². The van der Waals surface area contributed by atoms with Crippen molar-refractivity contribution in [1.29, 1.82) is 0 Å². The largest absolute Gasteiger partial charge is 0.391 e. The van der Waals surface area contributed by atoms with E-state index in [0.717, 1.165) is 0 Å². The van der Waals surface area contributed by atoms with E-state index < -0.39 is 5.79 Å². The molecule has 0 aliphatic heterocycles. The predicted octanol–water partition coefficient (Wildman–Crippen LogP) is -0.276. The number of rotatable bonds is 3. The Labute approximate surface area is 48.9 Å². The van der Waals surface area contributed by atoms with Crippen LogP contribution in [0.15, 0.2) is 0 Å². The maximum atomic E-state index is 8.85. The van der Waals surface area contributed by atoms with Crippen molar-refractivity contribution in [3.63, 3.8) is 0 Å². The van der Waals surface area contributed by atoms with E-state index in [2.05, 4.69) is 4.74 Å². The van der Waals surface area contributed by atoms with E-state index in [1.807, 2.05) is 0 Å². The smallest absolute Gasteiger partial charge is 0.186 e. The molecule has 2 N–H and O–H groups in total. The van der Waals surface area contributed by atoms with Crippen LogP contribution >= 0.6 is 0 Å². The summed E-state index contributed by atoms with van der Waals surface area (Å²) in [7, 11) is 0. The number of aliphatic hydroxyl groups is 2. The summed E-state index contributed by atoms with van der Waals surface area (Å²) in [6.07, 6.45) is 0.